The molecular weight excluding hydrogens is 390 g/mol. The van der Waals surface area contributed by atoms with Crippen LogP contribution in [0.1, 0.15) is 22.5 Å². The Balaban J connectivity index is 2.08. The molecule has 27 heavy (non-hydrogen) atoms. The topological polar surface area (TPSA) is 147 Å². The fourth-order valence-corrected chi connectivity index (χ4v) is 3.63. The number of nitrogens with two attached hydrogens (primary N) is 3. The number of rotatable bonds is 7. The molecule has 3 rings (SSSR count). The van der Waals surface area contributed by atoms with Gasteiger partial charge in [0.25, 0.3) is 5.91 Å². The highest BCUT2D eigenvalue weighted by Gasteiger charge is 2.21. The second-order valence-electron chi connectivity index (χ2n) is 5.67. The van der Waals surface area contributed by atoms with Crippen LogP contribution in [0.2, 0.25) is 5.02 Å². The summed E-state index contributed by atoms with van der Waals surface area (Å²) in [5.41, 5.74) is 18.0. The molecule has 0 saturated heterocycles. The van der Waals surface area contributed by atoms with Crippen LogP contribution in [0, 0.1) is 0 Å². The zero-order valence-corrected chi connectivity index (χ0v) is 15.6. The van der Waals surface area contributed by atoms with Crippen molar-refractivity contribution in [2.24, 2.45) is 11.5 Å². The van der Waals surface area contributed by atoms with E-state index in [0.717, 1.165) is 11.3 Å². The van der Waals surface area contributed by atoms with Crippen LogP contribution in [0.4, 0.5) is 5.69 Å². The Kier molecular flexibility index (Phi) is 5.43. The van der Waals surface area contributed by atoms with Crippen LogP contribution in [0.5, 0.6) is 6.01 Å². The number of hydrogen-bond donors (Lipinski definition) is 3. The van der Waals surface area contributed by atoms with Crippen molar-refractivity contribution >= 4 is 50.7 Å². The SMILES string of the molecule is NC(=O)CCCOc1nc(-c2cccc(Cl)c2)c2c(N)c(C(N)=O)sc2n1. The fraction of sp³-hybridized carbons (Fsp3) is 0.176. The minimum absolute atomic E-state index is 0.0965. The molecule has 3 aromatic rings. The van der Waals surface area contributed by atoms with E-state index in [9.17, 15) is 9.59 Å². The van der Waals surface area contributed by atoms with Gasteiger partial charge in [-0.1, -0.05) is 23.7 Å². The van der Waals surface area contributed by atoms with Crippen LogP contribution < -0.4 is 21.9 Å². The van der Waals surface area contributed by atoms with E-state index in [-0.39, 0.29) is 29.6 Å². The first kappa shape index (κ1) is 18.9. The first-order valence-electron chi connectivity index (χ1n) is 7.93. The summed E-state index contributed by atoms with van der Waals surface area (Å²) in [6.45, 7) is 0.215. The lowest BCUT2D eigenvalue weighted by molar-refractivity contribution is -0.118. The maximum absolute atomic E-state index is 11.7. The van der Waals surface area contributed by atoms with Gasteiger partial charge in [-0.3, -0.25) is 9.59 Å². The molecule has 2 amide bonds. The second-order valence-corrected chi connectivity index (χ2v) is 7.11. The molecule has 0 spiro atoms. The summed E-state index contributed by atoms with van der Waals surface area (Å²) in [5.74, 6) is -1.05. The molecule has 0 fully saturated rings. The number of halogens is 1. The van der Waals surface area contributed by atoms with E-state index < -0.39 is 11.8 Å². The summed E-state index contributed by atoms with van der Waals surface area (Å²) in [6.07, 6.45) is 0.628. The Morgan fingerprint density at radius 3 is 2.67 bits per heavy atom. The van der Waals surface area contributed by atoms with E-state index >= 15 is 0 Å². The van der Waals surface area contributed by atoms with E-state index in [0.29, 0.717) is 32.9 Å². The lowest BCUT2D eigenvalue weighted by Gasteiger charge is -2.08. The third-order valence-corrected chi connectivity index (χ3v) is 5.04. The Hall–Kier alpha value is -2.91. The summed E-state index contributed by atoms with van der Waals surface area (Å²) in [6, 6.07) is 7.14. The van der Waals surface area contributed by atoms with E-state index in [1.165, 1.54) is 0 Å². The number of carbonyl (C=O) groups excluding carboxylic acids is 2. The van der Waals surface area contributed by atoms with Crippen molar-refractivity contribution in [3.05, 3.63) is 34.2 Å². The molecule has 6 N–H and O–H groups in total. The average Bonchev–Trinajstić information content (AvgIpc) is 2.95. The lowest BCUT2D eigenvalue weighted by atomic mass is 10.1. The molecule has 0 radical (unpaired) electrons. The van der Waals surface area contributed by atoms with Gasteiger partial charge in [-0.25, -0.2) is 0 Å². The lowest BCUT2D eigenvalue weighted by Crippen LogP contribution is -2.12. The average molecular weight is 406 g/mol. The molecule has 0 bridgehead atoms. The number of amides is 2. The molecule has 140 valence electrons. The standard InChI is InChI=1S/C17H16ClN5O3S/c18-9-4-1-3-8(7-9)13-11-12(20)14(15(21)25)27-16(11)23-17(22-13)26-6-2-5-10(19)24/h1,3-4,7H,2,5-6,20H2,(H2,19,24)(H2,21,25). The van der Waals surface area contributed by atoms with E-state index in [1.807, 2.05) is 6.07 Å². The van der Waals surface area contributed by atoms with Crippen molar-refractivity contribution in [2.75, 3.05) is 12.3 Å². The highest BCUT2D eigenvalue weighted by Crippen LogP contribution is 2.39. The third kappa shape index (κ3) is 4.09. The molecule has 1 aromatic carbocycles. The Labute approximate surface area is 163 Å². The zero-order valence-electron chi connectivity index (χ0n) is 14.1. The molecule has 0 aliphatic rings. The molecule has 0 atom stereocenters. The number of hydrogen-bond acceptors (Lipinski definition) is 7. The van der Waals surface area contributed by atoms with Crippen LogP contribution in [-0.2, 0) is 4.79 Å². The van der Waals surface area contributed by atoms with Crippen LogP contribution in [0.15, 0.2) is 24.3 Å². The smallest absolute Gasteiger partial charge is 0.318 e. The number of benzene rings is 1. The largest absolute Gasteiger partial charge is 0.463 e. The molecule has 10 heteroatoms. The van der Waals surface area contributed by atoms with Gasteiger partial charge in [0.2, 0.25) is 5.91 Å². The van der Waals surface area contributed by atoms with Crippen LogP contribution in [-0.4, -0.2) is 28.4 Å². The summed E-state index contributed by atoms with van der Waals surface area (Å²) < 4.78 is 5.55. The Bertz CT molecular complexity index is 1040. The number of nitrogen functional groups attached to an aromatic ring is 1. The first-order valence-corrected chi connectivity index (χ1v) is 9.13. The number of aromatic nitrogens is 2. The van der Waals surface area contributed by atoms with E-state index in [1.54, 1.807) is 18.2 Å². The van der Waals surface area contributed by atoms with Crippen LogP contribution in [0.3, 0.4) is 0 Å². The fourth-order valence-electron chi connectivity index (χ4n) is 2.50. The summed E-state index contributed by atoms with van der Waals surface area (Å²) in [7, 11) is 0. The number of carbonyl (C=O) groups is 2. The number of anilines is 1. The molecule has 0 aliphatic carbocycles. The van der Waals surface area contributed by atoms with E-state index in [2.05, 4.69) is 9.97 Å². The highest BCUT2D eigenvalue weighted by atomic mass is 35.5. The number of ether oxygens (including phenoxy) is 1. The van der Waals surface area contributed by atoms with Crippen LogP contribution >= 0.6 is 22.9 Å². The van der Waals surface area contributed by atoms with Gasteiger partial charge in [-0.2, -0.15) is 9.97 Å². The minimum atomic E-state index is -0.642. The Morgan fingerprint density at radius 2 is 2.00 bits per heavy atom. The zero-order chi connectivity index (χ0) is 19.6. The van der Waals surface area contributed by atoms with Gasteiger partial charge in [-0.05, 0) is 18.6 Å². The quantitative estimate of drug-likeness (QED) is 0.514. The number of fused-ring (bicyclic) bond motifs is 1. The number of thiophene rings is 1. The van der Waals surface area contributed by atoms with Gasteiger partial charge in [0, 0.05) is 17.0 Å². The highest BCUT2D eigenvalue weighted by molar-refractivity contribution is 7.21. The molecule has 2 aromatic heterocycles. The van der Waals surface area contributed by atoms with Crippen molar-refractivity contribution in [1.29, 1.82) is 0 Å². The minimum Gasteiger partial charge on any atom is -0.463 e. The molecule has 0 aliphatic heterocycles. The van der Waals surface area contributed by atoms with Gasteiger partial charge < -0.3 is 21.9 Å². The van der Waals surface area contributed by atoms with Crippen molar-refractivity contribution in [1.82, 2.24) is 9.97 Å². The Morgan fingerprint density at radius 1 is 1.22 bits per heavy atom. The predicted molar refractivity (Wildman–Crippen MR) is 105 cm³/mol. The maximum Gasteiger partial charge on any atom is 0.318 e. The monoisotopic (exact) mass is 405 g/mol. The normalized spacial score (nSPS) is 10.9. The number of nitrogens with zero attached hydrogens (tertiary/aromatic N) is 2. The summed E-state index contributed by atoms with van der Waals surface area (Å²) >= 11 is 7.16. The molecule has 2 heterocycles. The summed E-state index contributed by atoms with van der Waals surface area (Å²) in [4.78, 5) is 31.9. The van der Waals surface area contributed by atoms with Gasteiger partial charge in [0.15, 0.2) is 0 Å². The third-order valence-electron chi connectivity index (χ3n) is 3.69. The van der Waals surface area contributed by atoms with Crippen molar-refractivity contribution in [3.8, 4) is 17.3 Å². The number of primary amides is 2. The van der Waals surface area contributed by atoms with Gasteiger partial charge in [0.1, 0.15) is 9.71 Å². The van der Waals surface area contributed by atoms with Crippen molar-refractivity contribution in [2.45, 2.75) is 12.8 Å². The van der Waals surface area contributed by atoms with E-state index in [4.69, 9.17) is 33.5 Å². The molecular formula is C17H16ClN5O3S. The molecule has 8 nitrogen and oxygen atoms in total. The second kappa shape index (κ2) is 7.77. The van der Waals surface area contributed by atoms with Crippen molar-refractivity contribution < 1.29 is 14.3 Å². The van der Waals surface area contributed by atoms with Crippen LogP contribution in [0.25, 0.3) is 21.5 Å². The maximum atomic E-state index is 11.7. The van der Waals surface area contributed by atoms with Crippen molar-refractivity contribution in [3.63, 3.8) is 0 Å². The predicted octanol–water partition coefficient (Wildman–Crippen LogP) is 2.34. The van der Waals surface area contributed by atoms with Gasteiger partial charge >= 0.3 is 6.01 Å². The van der Waals surface area contributed by atoms with Gasteiger partial charge in [0.05, 0.1) is 23.4 Å². The first-order chi connectivity index (χ1) is 12.9. The summed E-state index contributed by atoms with van der Waals surface area (Å²) in [5, 5.41) is 1.03. The molecule has 0 saturated carbocycles. The van der Waals surface area contributed by atoms with Gasteiger partial charge in [-0.15, -0.1) is 11.3 Å². The molecule has 0 unspecified atom stereocenters.